The maximum atomic E-state index is 13.7. The Hall–Kier alpha value is -1.24. The highest BCUT2D eigenvalue weighted by atomic mass is 19.3. The molecule has 4 rings (SSSR count). The standard InChI is InChI=1S/C25H41F2N3O2/c1-30-14-3-5-18(17-30)7-8-21(31)29-22-20(9-13-24(22)10-4-11-24)16-28-23(32)19-6-2-12-25(26,27)15-19/h18-20,22H,2-17H2,1H3,(H,28,32)(H,29,31). The maximum Gasteiger partial charge on any atom is 0.248 e. The van der Waals surface area contributed by atoms with Gasteiger partial charge in [-0.15, -0.1) is 0 Å². The number of carbonyl (C=O) groups is 2. The lowest BCUT2D eigenvalue weighted by molar-refractivity contribution is -0.132. The Morgan fingerprint density at radius 1 is 1.03 bits per heavy atom. The summed E-state index contributed by atoms with van der Waals surface area (Å²) in [6.45, 7) is 2.72. The molecule has 3 aliphatic carbocycles. The summed E-state index contributed by atoms with van der Waals surface area (Å²) in [6.07, 6.45) is 10.0. The molecule has 1 heterocycles. The topological polar surface area (TPSA) is 61.4 Å². The van der Waals surface area contributed by atoms with Gasteiger partial charge in [0.2, 0.25) is 17.7 Å². The molecule has 0 aromatic rings. The van der Waals surface area contributed by atoms with Crippen molar-refractivity contribution in [3.8, 4) is 0 Å². The Bertz CT molecular complexity index is 682. The van der Waals surface area contributed by atoms with E-state index in [0.29, 0.717) is 31.7 Å². The van der Waals surface area contributed by atoms with Crippen molar-refractivity contribution < 1.29 is 18.4 Å². The van der Waals surface area contributed by atoms with Crippen molar-refractivity contribution in [1.82, 2.24) is 15.5 Å². The number of piperidine rings is 1. The molecule has 0 aromatic carbocycles. The van der Waals surface area contributed by atoms with E-state index in [9.17, 15) is 18.4 Å². The lowest BCUT2D eigenvalue weighted by Crippen LogP contribution is -2.53. The van der Waals surface area contributed by atoms with Crippen molar-refractivity contribution in [2.24, 2.45) is 23.2 Å². The third kappa shape index (κ3) is 5.63. The van der Waals surface area contributed by atoms with E-state index in [1.54, 1.807) is 0 Å². The minimum atomic E-state index is -2.72. The van der Waals surface area contributed by atoms with E-state index in [-0.39, 0.29) is 42.0 Å². The molecule has 7 heteroatoms. The van der Waals surface area contributed by atoms with Crippen LogP contribution in [0.2, 0.25) is 0 Å². The van der Waals surface area contributed by atoms with Crippen LogP contribution in [0.15, 0.2) is 0 Å². The number of hydrogen-bond donors (Lipinski definition) is 2. The summed E-state index contributed by atoms with van der Waals surface area (Å²) in [5.74, 6) is -2.59. The van der Waals surface area contributed by atoms with E-state index in [4.69, 9.17) is 0 Å². The van der Waals surface area contributed by atoms with Gasteiger partial charge >= 0.3 is 0 Å². The molecule has 2 N–H and O–H groups in total. The first-order valence-corrected chi connectivity index (χ1v) is 12.9. The minimum absolute atomic E-state index is 0.103. The van der Waals surface area contributed by atoms with Gasteiger partial charge in [0.1, 0.15) is 0 Å². The van der Waals surface area contributed by atoms with Gasteiger partial charge in [-0.1, -0.05) is 6.42 Å². The molecule has 0 radical (unpaired) electrons. The second-order valence-electron chi connectivity index (χ2n) is 11.3. The Kier molecular flexibility index (Phi) is 7.43. The number of hydrogen-bond acceptors (Lipinski definition) is 3. The third-order valence-electron chi connectivity index (χ3n) is 8.86. The predicted molar refractivity (Wildman–Crippen MR) is 120 cm³/mol. The molecule has 4 fully saturated rings. The van der Waals surface area contributed by atoms with Crippen LogP contribution in [0.1, 0.15) is 83.5 Å². The molecule has 32 heavy (non-hydrogen) atoms. The first-order valence-electron chi connectivity index (χ1n) is 12.9. The first kappa shape index (κ1) is 23.9. The Morgan fingerprint density at radius 3 is 2.53 bits per heavy atom. The molecule has 4 atom stereocenters. The van der Waals surface area contributed by atoms with Crippen molar-refractivity contribution in [2.75, 3.05) is 26.7 Å². The average Bonchev–Trinajstić information content (AvgIpc) is 3.08. The van der Waals surface area contributed by atoms with Crippen LogP contribution in [-0.2, 0) is 9.59 Å². The van der Waals surface area contributed by atoms with Crippen LogP contribution in [-0.4, -0.2) is 55.4 Å². The molecule has 182 valence electrons. The summed E-state index contributed by atoms with van der Waals surface area (Å²) in [7, 11) is 2.15. The fraction of sp³-hybridized carbons (Fsp3) is 0.920. The summed E-state index contributed by atoms with van der Waals surface area (Å²) in [5, 5.41) is 6.35. The van der Waals surface area contributed by atoms with Crippen LogP contribution in [0, 0.1) is 23.2 Å². The molecule has 1 spiro atoms. The van der Waals surface area contributed by atoms with Crippen molar-refractivity contribution in [1.29, 1.82) is 0 Å². The van der Waals surface area contributed by atoms with E-state index in [1.807, 2.05) is 0 Å². The highest BCUT2D eigenvalue weighted by molar-refractivity contribution is 5.79. The molecule has 5 nitrogen and oxygen atoms in total. The minimum Gasteiger partial charge on any atom is -0.356 e. The Balaban J connectivity index is 1.28. The van der Waals surface area contributed by atoms with Crippen LogP contribution in [0.25, 0.3) is 0 Å². The van der Waals surface area contributed by atoms with Gasteiger partial charge in [0.05, 0.1) is 0 Å². The summed E-state index contributed by atoms with van der Waals surface area (Å²) in [5.41, 5.74) is 0.188. The van der Waals surface area contributed by atoms with Crippen molar-refractivity contribution in [2.45, 2.75) is 95.4 Å². The van der Waals surface area contributed by atoms with E-state index in [1.165, 1.54) is 19.3 Å². The predicted octanol–water partition coefficient (Wildman–Crippen LogP) is 4.12. The summed E-state index contributed by atoms with van der Waals surface area (Å²) < 4.78 is 27.4. The molecule has 3 saturated carbocycles. The summed E-state index contributed by atoms with van der Waals surface area (Å²) >= 11 is 0. The molecular weight excluding hydrogens is 412 g/mol. The maximum absolute atomic E-state index is 13.7. The Labute approximate surface area is 191 Å². The largest absolute Gasteiger partial charge is 0.356 e. The summed E-state index contributed by atoms with van der Waals surface area (Å²) in [4.78, 5) is 27.8. The highest BCUT2D eigenvalue weighted by Crippen LogP contribution is 2.55. The van der Waals surface area contributed by atoms with Gasteiger partial charge in [-0.3, -0.25) is 9.59 Å². The van der Waals surface area contributed by atoms with Crippen LogP contribution < -0.4 is 10.6 Å². The van der Waals surface area contributed by atoms with Crippen molar-refractivity contribution in [3.63, 3.8) is 0 Å². The van der Waals surface area contributed by atoms with Crippen LogP contribution >= 0.6 is 0 Å². The van der Waals surface area contributed by atoms with E-state index >= 15 is 0 Å². The second-order valence-corrected chi connectivity index (χ2v) is 11.3. The lowest BCUT2D eigenvalue weighted by Gasteiger charge is -2.45. The fourth-order valence-corrected chi connectivity index (χ4v) is 6.84. The highest BCUT2D eigenvalue weighted by Gasteiger charge is 2.52. The zero-order valence-electron chi connectivity index (χ0n) is 19.6. The number of halogens is 2. The normalized spacial score (nSPS) is 34.1. The lowest BCUT2D eigenvalue weighted by atomic mass is 9.64. The van der Waals surface area contributed by atoms with Gasteiger partial charge in [-0.05, 0) is 88.6 Å². The first-order chi connectivity index (χ1) is 15.3. The van der Waals surface area contributed by atoms with E-state index in [2.05, 4.69) is 22.6 Å². The zero-order valence-corrected chi connectivity index (χ0v) is 19.6. The monoisotopic (exact) mass is 453 g/mol. The molecule has 1 saturated heterocycles. The van der Waals surface area contributed by atoms with Crippen molar-refractivity contribution in [3.05, 3.63) is 0 Å². The molecule has 0 aromatic heterocycles. The van der Waals surface area contributed by atoms with Crippen LogP contribution in [0.5, 0.6) is 0 Å². The molecule has 1 aliphatic heterocycles. The number of likely N-dealkylation sites (tertiary alicyclic amines) is 1. The number of amides is 2. The fourth-order valence-electron chi connectivity index (χ4n) is 6.84. The molecular formula is C25H41F2N3O2. The van der Waals surface area contributed by atoms with E-state index < -0.39 is 11.8 Å². The van der Waals surface area contributed by atoms with Gasteiger partial charge in [-0.25, -0.2) is 8.78 Å². The summed E-state index contributed by atoms with van der Waals surface area (Å²) in [6, 6.07) is 0.103. The molecule has 4 aliphatic rings. The number of alkyl halides is 2. The average molecular weight is 454 g/mol. The molecule has 4 unspecified atom stereocenters. The van der Waals surface area contributed by atoms with Gasteiger partial charge in [0, 0.05) is 44.3 Å². The van der Waals surface area contributed by atoms with Crippen LogP contribution in [0.4, 0.5) is 8.78 Å². The van der Waals surface area contributed by atoms with Crippen LogP contribution in [0.3, 0.4) is 0 Å². The quantitative estimate of drug-likeness (QED) is 0.610. The number of rotatable bonds is 7. The van der Waals surface area contributed by atoms with Gasteiger partial charge < -0.3 is 15.5 Å². The second kappa shape index (κ2) is 9.94. The molecule has 2 amide bonds. The molecule has 0 bridgehead atoms. The van der Waals surface area contributed by atoms with E-state index in [0.717, 1.165) is 45.2 Å². The van der Waals surface area contributed by atoms with Gasteiger partial charge in [0.25, 0.3) is 0 Å². The zero-order chi connectivity index (χ0) is 22.8. The number of carbonyl (C=O) groups excluding carboxylic acids is 2. The number of nitrogens with zero attached hydrogens (tertiary/aromatic N) is 1. The SMILES string of the molecule is CN1CCCC(CCC(=O)NC2C(CNC(=O)C3CCCC(F)(F)C3)CCC23CCC3)C1. The third-order valence-corrected chi connectivity index (χ3v) is 8.86. The number of nitrogens with one attached hydrogen (secondary N) is 2. The Morgan fingerprint density at radius 2 is 1.84 bits per heavy atom. The smallest absolute Gasteiger partial charge is 0.248 e. The van der Waals surface area contributed by atoms with Gasteiger partial charge in [-0.2, -0.15) is 0 Å². The van der Waals surface area contributed by atoms with Crippen molar-refractivity contribution >= 4 is 11.8 Å². The van der Waals surface area contributed by atoms with Gasteiger partial charge in [0.15, 0.2) is 0 Å².